The predicted molar refractivity (Wildman–Crippen MR) is 77.8 cm³/mol. The van der Waals surface area contributed by atoms with Gasteiger partial charge in [-0.2, -0.15) is 5.10 Å². The third-order valence-corrected chi connectivity index (χ3v) is 4.35. The highest BCUT2D eigenvalue weighted by Crippen LogP contribution is 2.24. The average molecular weight is 308 g/mol. The summed E-state index contributed by atoms with van der Waals surface area (Å²) in [5.74, 6) is 0. The van der Waals surface area contributed by atoms with Gasteiger partial charge in [0.1, 0.15) is 4.60 Å². The highest BCUT2D eigenvalue weighted by molar-refractivity contribution is 9.10. The average Bonchev–Trinajstić information content (AvgIpc) is 2.66. The summed E-state index contributed by atoms with van der Waals surface area (Å²) in [6, 6.07) is 7.31. The highest BCUT2D eigenvalue weighted by atomic mass is 79.9. The molecule has 0 spiro atoms. The van der Waals surface area contributed by atoms with Gasteiger partial charge in [0, 0.05) is 18.5 Å². The van der Waals surface area contributed by atoms with Crippen molar-refractivity contribution in [3.8, 4) is 0 Å². The van der Waals surface area contributed by atoms with E-state index in [0.29, 0.717) is 6.04 Å². The normalized spacial score (nSPS) is 20.4. The molecule has 0 bridgehead atoms. The van der Waals surface area contributed by atoms with Gasteiger partial charge in [-0.25, -0.2) is 0 Å². The minimum absolute atomic E-state index is 0.645. The van der Waals surface area contributed by atoms with E-state index >= 15 is 0 Å². The standard InChI is InChI=1S/C14H18BrN3/c1-18-13-6-5-10(9-12(13)14(15)17-18)8-11-4-2-3-7-16-11/h5-6,9,11,16H,2-4,7-8H2,1H3. The van der Waals surface area contributed by atoms with Crippen LogP contribution in [0.5, 0.6) is 0 Å². The Morgan fingerprint density at radius 2 is 2.33 bits per heavy atom. The molecule has 1 unspecified atom stereocenters. The Balaban J connectivity index is 1.86. The lowest BCUT2D eigenvalue weighted by Crippen LogP contribution is -2.35. The summed E-state index contributed by atoms with van der Waals surface area (Å²) in [6.07, 6.45) is 5.10. The molecule has 3 nitrogen and oxygen atoms in total. The molecule has 1 aromatic heterocycles. The first-order valence-corrected chi connectivity index (χ1v) is 7.38. The monoisotopic (exact) mass is 307 g/mol. The number of halogens is 1. The van der Waals surface area contributed by atoms with Crippen LogP contribution in [0.2, 0.25) is 0 Å². The van der Waals surface area contributed by atoms with E-state index in [2.05, 4.69) is 44.5 Å². The molecule has 96 valence electrons. The summed E-state index contributed by atoms with van der Waals surface area (Å²) in [6.45, 7) is 1.17. The SMILES string of the molecule is Cn1nc(Br)c2cc(CC3CCCCN3)ccc21. The molecule has 0 aliphatic carbocycles. The fourth-order valence-corrected chi connectivity index (χ4v) is 3.34. The number of benzene rings is 1. The van der Waals surface area contributed by atoms with Crippen LogP contribution in [0.3, 0.4) is 0 Å². The molecule has 1 aliphatic heterocycles. The number of aryl methyl sites for hydroxylation is 1. The van der Waals surface area contributed by atoms with Crippen molar-refractivity contribution in [2.24, 2.45) is 7.05 Å². The zero-order valence-electron chi connectivity index (χ0n) is 10.6. The first kappa shape index (κ1) is 12.2. The van der Waals surface area contributed by atoms with Crippen molar-refractivity contribution in [2.75, 3.05) is 6.54 Å². The molecule has 4 heteroatoms. The molecule has 0 radical (unpaired) electrons. The maximum absolute atomic E-state index is 4.40. The minimum atomic E-state index is 0.645. The molecule has 1 aliphatic rings. The Morgan fingerprint density at radius 3 is 3.11 bits per heavy atom. The van der Waals surface area contributed by atoms with Crippen LogP contribution in [-0.2, 0) is 13.5 Å². The van der Waals surface area contributed by atoms with E-state index in [1.807, 2.05) is 11.7 Å². The number of rotatable bonds is 2. The molecule has 0 saturated carbocycles. The zero-order chi connectivity index (χ0) is 12.5. The van der Waals surface area contributed by atoms with Gasteiger partial charge in [0.15, 0.2) is 0 Å². The van der Waals surface area contributed by atoms with Crippen molar-refractivity contribution in [3.05, 3.63) is 28.4 Å². The number of fused-ring (bicyclic) bond motifs is 1. The number of piperidine rings is 1. The van der Waals surface area contributed by atoms with Gasteiger partial charge in [0.25, 0.3) is 0 Å². The fourth-order valence-electron chi connectivity index (χ4n) is 2.78. The summed E-state index contributed by atoms with van der Waals surface area (Å²) >= 11 is 3.53. The van der Waals surface area contributed by atoms with Crippen LogP contribution >= 0.6 is 15.9 Å². The van der Waals surface area contributed by atoms with Gasteiger partial charge in [-0.05, 0) is 59.4 Å². The van der Waals surface area contributed by atoms with E-state index in [1.54, 1.807) is 0 Å². The fraction of sp³-hybridized carbons (Fsp3) is 0.500. The van der Waals surface area contributed by atoms with Crippen molar-refractivity contribution in [1.82, 2.24) is 15.1 Å². The van der Waals surface area contributed by atoms with Crippen LogP contribution in [0.25, 0.3) is 10.9 Å². The maximum atomic E-state index is 4.40. The maximum Gasteiger partial charge on any atom is 0.135 e. The lowest BCUT2D eigenvalue weighted by Gasteiger charge is -2.23. The lowest BCUT2D eigenvalue weighted by atomic mass is 9.97. The Bertz CT molecular complexity index is 555. The number of hydrogen-bond acceptors (Lipinski definition) is 2. The summed E-state index contributed by atoms with van der Waals surface area (Å²) in [7, 11) is 1.98. The minimum Gasteiger partial charge on any atom is -0.314 e. The van der Waals surface area contributed by atoms with Crippen LogP contribution in [-0.4, -0.2) is 22.4 Å². The van der Waals surface area contributed by atoms with Crippen molar-refractivity contribution in [1.29, 1.82) is 0 Å². The van der Waals surface area contributed by atoms with Crippen LogP contribution in [0.15, 0.2) is 22.8 Å². The molecule has 2 heterocycles. The number of aromatic nitrogens is 2. The molecule has 1 fully saturated rings. The molecule has 0 amide bonds. The van der Waals surface area contributed by atoms with Gasteiger partial charge in [-0.1, -0.05) is 12.5 Å². The molecule has 1 aromatic carbocycles. The second kappa shape index (κ2) is 5.02. The molecular formula is C14H18BrN3. The smallest absolute Gasteiger partial charge is 0.135 e. The Kier molecular flexibility index (Phi) is 3.39. The van der Waals surface area contributed by atoms with E-state index < -0.39 is 0 Å². The van der Waals surface area contributed by atoms with Crippen molar-refractivity contribution in [2.45, 2.75) is 31.7 Å². The van der Waals surface area contributed by atoms with Gasteiger partial charge in [0.05, 0.1) is 5.52 Å². The van der Waals surface area contributed by atoms with Crippen LogP contribution in [0.4, 0.5) is 0 Å². The van der Waals surface area contributed by atoms with Crippen LogP contribution in [0.1, 0.15) is 24.8 Å². The summed E-state index contributed by atoms with van der Waals surface area (Å²) in [5, 5.41) is 9.21. The highest BCUT2D eigenvalue weighted by Gasteiger charge is 2.14. The van der Waals surface area contributed by atoms with E-state index in [-0.39, 0.29) is 0 Å². The Hall–Kier alpha value is -0.870. The van der Waals surface area contributed by atoms with Crippen molar-refractivity contribution in [3.63, 3.8) is 0 Å². The van der Waals surface area contributed by atoms with Gasteiger partial charge in [-0.3, -0.25) is 4.68 Å². The molecule has 1 N–H and O–H groups in total. The molecule has 18 heavy (non-hydrogen) atoms. The first-order valence-electron chi connectivity index (χ1n) is 6.58. The summed E-state index contributed by atoms with van der Waals surface area (Å²) in [4.78, 5) is 0. The van der Waals surface area contributed by atoms with Crippen molar-refractivity contribution >= 4 is 26.8 Å². The molecule has 3 rings (SSSR count). The zero-order valence-corrected chi connectivity index (χ0v) is 12.2. The topological polar surface area (TPSA) is 29.9 Å². The van der Waals surface area contributed by atoms with Crippen molar-refractivity contribution < 1.29 is 0 Å². The Morgan fingerprint density at radius 1 is 1.44 bits per heavy atom. The predicted octanol–water partition coefficient (Wildman–Crippen LogP) is 3.02. The first-order chi connectivity index (χ1) is 8.74. The van der Waals surface area contributed by atoms with E-state index in [4.69, 9.17) is 0 Å². The van der Waals surface area contributed by atoms with Gasteiger partial charge >= 0.3 is 0 Å². The Labute approximate surface area is 116 Å². The van der Waals surface area contributed by atoms with Gasteiger partial charge < -0.3 is 5.32 Å². The number of nitrogens with zero attached hydrogens (tertiary/aromatic N) is 2. The largest absolute Gasteiger partial charge is 0.314 e. The van der Waals surface area contributed by atoms with E-state index in [1.165, 1.54) is 42.3 Å². The molecule has 1 atom stereocenters. The number of hydrogen-bond donors (Lipinski definition) is 1. The second-order valence-corrected chi connectivity index (χ2v) is 5.87. The molecule has 2 aromatic rings. The summed E-state index contributed by atoms with van der Waals surface area (Å²) < 4.78 is 2.86. The van der Waals surface area contributed by atoms with Crippen LogP contribution in [0, 0.1) is 0 Å². The number of nitrogens with one attached hydrogen (secondary N) is 1. The quantitative estimate of drug-likeness (QED) is 0.924. The second-order valence-electron chi connectivity index (χ2n) is 5.12. The van der Waals surface area contributed by atoms with E-state index in [9.17, 15) is 0 Å². The van der Waals surface area contributed by atoms with Crippen LogP contribution < -0.4 is 5.32 Å². The lowest BCUT2D eigenvalue weighted by molar-refractivity contribution is 0.399. The third-order valence-electron chi connectivity index (χ3n) is 3.76. The third kappa shape index (κ3) is 2.31. The molecule has 1 saturated heterocycles. The summed E-state index contributed by atoms with van der Waals surface area (Å²) in [5.41, 5.74) is 2.58. The van der Waals surface area contributed by atoms with E-state index in [0.717, 1.165) is 11.0 Å². The van der Waals surface area contributed by atoms with Gasteiger partial charge in [-0.15, -0.1) is 0 Å². The van der Waals surface area contributed by atoms with Gasteiger partial charge in [0.2, 0.25) is 0 Å². The molecular weight excluding hydrogens is 290 g/mol.